The standard InChI is InChI=1S/C52H35NS/c1-2-13-36(14-3-1)39-17-8-18-40(33-39)37-29-31-44(32-30-37)53(49-26-12-28-51-52(49)48-24-6-7-27-50(48)54-51)45-22-10-20-42(35-45)41-19-9-21-43(34-41)47-25-11-16-38-15-4-5-23-46(38)47/h1-35H. The van der Waals surface area contributed by atoms with E-state index in [1.165, 1.54) is 81.1 Å². The lowest BCUT2D eigenvalue weighted by Gasteiger charge is -2.27. The number of benzene rings is 9. The second kappa shape index (κ2) is 13.7. The smallest absolute Gasteiger partial charge is 0.0554 e. The molecule has 10 rings (SSSR count). The van der Waals surface area contributed by atoms with E-state index in [0.717, 1.165) is 11.4 Å². The maximum atomic E-state index is 2.43. The monoisotopic (exact) mass is 705 g/mol. The summed E-state index contributed by atoms with van der Waals surface area (Å²) in [5.41, 5.74) is 13.1. The molecule has 0 saturated carbocycles. The van der Waals surface area contributed by atoms with Gasteiger partial charge in [0.15, 0.2) is 0 Å². The molecule has 0 aliphatic heterocycles. The van der Waals surface area contributed by atoms with E-state index in [2.05, 4.69) is 217 Å². The molecule has 254 valence electrons. The first-order valence-corrected chi connectivity index (χ1v) is 19.2. The lowest BCUT2D eigenvalue weighted by Crippen LogP contribution is -2.10. The molecule has 1 aromatic heterocycles. The molecule has 10 aromatic rings. The molecule has 1 heterocycles. The molecule has 0 aliphatic rings. The SMILES string of the molecule is c1ccc(-c2cccc(-c3ccc(N(c4cccc(-c5cccc(-c6cccc7ccccc67)c5)c4)c4cccc5sc6ccccc6c45)cc3)c2)cc1. The van der Waals surface area contributed by atoms with E-state index in [0.29, 0.717) is 0 Å². The number of hydrogen-bond donors (Lipinski definition) is 0. The van der Waals surface area contributed by atoms with Crippen molar-refractivity contribution in [2.45, 2.75) is 0 Å². The highest BCUT2D eigenvalue weighted by atomic mass is 32.1. The van der Waals surface area contributed by atoms with Crippen LogP contribution in [0.25, 0.3) is 75.5 Å². The van der Waals surface area contributed by atoms with Gasteiger partial charge in [0.05, 0.1) is 5.69 Å². The summed E-state index contributed by atoms with van der Waals surface area (Å²) >= 11 is 1.86. The van der Waals surface area contributed by atoms with E-state index < -0.39 is 0 Å². The number of nitrogens with zero attached hydrogens (tertiary/aromatic N) is 1. The summed E-state index contributed by atoms with van der Waals surface area (Å²) in [7, 11) is 0. The van der Waals surface area contributed by atoms with Crippen LogP contribution in [0.2, 0.25) is 0 Å². The third-order valence-electron chi connectivity index (χ3n) is 10.5. The van der Waals surface area contributed by atoms with E-state index in [1.807, 2.05) is 11.3 Å². The molecule has 9 aromatic carbocycles. The Kier molecular flexibility index (Phi) is 8.09. The molecule has 2 heteroatoms. The lowest BCUT2D eigenvalue weighted by molar-refractivity contribution is 1.30. The predicted molar refractivity (Wildman–Crippen MR) is 233 cm³/mol. The van der Waals surface area contributed by atoms with Crippen LogP contribution in [0.15, 0.2) is 212 Å². The highest BCUT2D eigenvalue weighted by Crippen LogP contribution is 2.46. The molecule has 0 unspecified atom stereocenters. The minimum absolute atomic E-state index is 1.11. The second-order valence-corrected chi connectivity index (χ2v) is 14.8. The van der Waals surface area contributed by atoms with Crippen molar-refractivity contribution in [1.82, 2.24) is 0 Å². The van der Waals surface area contributed by atoms with E-state index in [1.54, 1.807) is 0 Å². The minimum atomic E-state index is 1.11. The fourth-order valence-corrected chi connectivity index (χ4v) is 8.98. The van der Waals surface area contributed by atoms with Gasteiger partial charge in [-0.2, -0.15) is 0 Å². The average Bonchev–Trinajstić information content (AvgIpc) is 3.64. The Bertz CT molecular complexity index is 2930. The van der Waals surface area contributed by atoms with Crippen LogP contribution in [-0.2, 0) is 0 Å². The van der Waals surface area contributed by atoms with Crippen LogP contribution in [0, 0.1) is 0 Å². The van der Waals surface area contributed by atoms with Gasteiger partial charge < -0.3 is 4.90 Å². The molecule has 0 bridgehead atoms. The zero-order chi connectivity index (χ0) is 35.8. The molecule has 1 nitrogen and oxygen atoms in total. The second-order valence-electron chi connectivity index (χ2n) is 13.7. The average molecular weight is 706 g/mol. The first-order valence-electron chi connectivity index (χ1n) is 18.4. The van der Waals surface area contributed by atoms with Crippen molar-refractivity contribution in [3.8, 4) is 44.5 Å². The van der Waals surface area contributed by atoms with Crippen LogP contribution in [0.3, 0.4) is 0 Å². The molecule has 0 atom stereocenters. The van der Waals surface area contributed by atoms with Crippen LogP contribution in [0.5, 0.6) is 0 Å². The summed E-state index contributed by atoms with van der Waals surface area (Å²) in [4.78, 5) is 2.43. The topological polar surface area (TPSA) is 3.24 Å². The van der Waals surface area contributed by atoms with E-state index >= 15 is 0 Å². The summed E-state index contributed by atoms with van der Waals surface area (Å²) in [5.74, 6) is 0. The fraction of sp³-hybridized carbons (Fsp3) is 0. The van der Waals surface area contributed by atoms with Gasteiger partial charge in [-0.05, 0) is 110 Å². The zero-order valence-corrected chi connectivity index (χ0v) is 30.4. The predicted octanol–water partition coefficient (Wildman–Crippen LogP) is 15.3. The summed E-state index contributed by atoms with van der Waals surface area (Å²) in [6.07, 6.45) is 0. The quantitative estimate of drug-likeness (QED) is 0.160. The van der Waals surface area contributed by atoms with Crippen LogP contribution in [0.1, 0.15) is 0 Å². The van der Waals surface area contributed by atoms with Crippen molar-refractivity contribution >= 4 is 59.3 Å². The maximum Gasteiger partial charge on any atom is 0.0554 e. The number of thiophene rings is 1. The van der Waals surface area contributed by atoms with Gasteiger partial charge in [0.1, 0.15) is 0 Å². The number of hydrogen-bond acceptors (Lipinski definition) is 2. The summed E-state index contributed by atoms with van der Waals surface area (Å²) in [5, 5.41) is 5.08. The number of anilines is 3. The molecule has 0 fully saturated rings. The van der Waals surface area contributed by atoms with Gasteiger partial charge in [0, 0.05) is 31.5 Å². The first-order chi connectivity index (χ1) is 26.8. The molecule has 54 heavy (non-hydrogen) atoms. The van der Waals surface area contributed by atoms with Crippen LogP contribution >= 0.6 is 11.3 Å². The molecule has 0 amide bonds. The van der Waals surface area contributed by atoms with Gasteiger partial charge in [0.25, 0.3) is 0 Å². The van der Waals surface area contributed by atoms with Crippen molar-refractivity contribution in [3.63, 3.8) is 0 Å². The molecular weight excluding hydrogens is 671 g/mol. The van der Waals surface area contributed by atoms with Gasteiger partial charge in [-0.15, -0.1) is 11.3 Å². The number of fused-ring (bicyclic) bond motifs is 4. The highest BCUT2D eigenvalue weighted by molar-refractivity contribution is 7.26. The van der Waals surface area contributed by atoms with Gasteiger partial charge in [-0.25, -0.2) is 0 Å². The normalized spacial score (nSPS) is 11.3. The Balaban J connectivity index is 1.10. The van der Waals surface area contributed by atoms with Crippen LogP contribution < -0.4 is 4.90 Å². The zero-order valence-electron chi connectivity index (χ0n) is 29.6. The van der Waals surface area contributed by atoms with E-state index in [-0.39, 0.29) is 0 Å². The van der Waals surface area contributed by atoms with Gasteiger partial charge in [-0.1, -0.05) is 158 Å². The molecule has 0 saturated heterocycles. The van der Waals surface area contributed by atoms with Crippen molar-refractivity contribution in [2.75, 3.05) is 4.90 Å². The Labute approximate surface area is 319 Å². The highest BCUT2D eigenvalue weighted by Gasteiger charge is 2.19. The third-order valence-corrected chi connectivity index (χ3v) is 11.6. The minimum Gasteiger partial charge on any atom is -0.310 e. The Morgan fingerprint density at radius 1 is 0.315 bits per heavy atom. The van der Waals surface area contributed by atoms with Gasteiger partial charge in [-0.3, -0.25) is 0 Å². The van der Waals surface area contributed by atoms with Crippen molar-refractivity contribution < 1.29 is 0 Å². The van der Waals surface area contributed by atoms with Crippen molar-refractivity contribution in [2.24, 2.45) is 0 Å². The molecule has 0 spiro atoms. The van der Waals surface area contributed by atoms with E-state index in [9.17, 15) is 0 Å². The first kappa shape index (κ1) is 32.0. The molecule has 0 N–H and O–H groups in total. The Morgan fingerprint density at radius 3 is 1.67 bits per heavy atom. The summed E-state index contributed by atoms with van der Waals surface area (Å²) < 4.78 is 2.58. The molecule has 0 radical (unpaired) electrons. The Hall–Kier alpha value is -6.74. The molecular formula is C52H35NS. The van der Waals surface area contributed by atoms with Crippen LogP contribution in [-0.4, -0.2) is 0 Å². The lowest BCUT2D eigenvalue weighted by atomic mass is 9.95. The molecule has 0 aliphatic carbocycles. The van der Waals surface area contributed by atoms with Crippen LogP contribution in [0.4, 0.5) is 17.1 Å². The maximum absolute atomic E-state index is 2.43. The fourth-order valence-electron chi connectivity index (χ4n) is 7.85. The van der Waals surface area contributed by atoms with E-state index in [4.69, 9.17) is 0 Å². The van der Waals surface area contributed by atoms with Gasteiger partial charge in [0.2, 0.25) is 0 Å². The third kappa shape index (κ3) is 5.84. The van der Waals surface area contributed by atoms with Crippen molar-refractivity contribution in [1.29, 1.82) is 0 Å². The number of rotatable bonds is 7. The summed E-state index contributed by atoms with van der Waals surface area (Å²) in [6.45, 7) is 0. The Morgan fingerprint density at radius 2 is 0.852 bits per heavy atom. The van der Waals surface area contributed by atoms with Gasteiger partial charge >= 0.3 is 0 Å². The largest absolute Gasteiger partial charge is 0.310 e. The van der Waals surface area contributed by atoms with Crippen molar-refractivity contribution in [3.05, 3.63) is 212 Å². The summed E-state index contributed by atoms with van der Waals surface area (Å²) in [6, 6.07) is 77.1.